The van der Waals surface area contributed by atoms with Crippen LogP contribution in [0, 0.1) is 6.92 Å². The van der Waals surface area contributed by atoms with Gasteiger partial charge in [0.2, 0.25) is 5.95 Å². The SMILES string of the molecule is Cc1cc(=O)[nH]c(N/N=C/c2ccc(C(=O)O)cc2)n1. The van der Waals surface area contributed by atoms with E-state index in [1.54, 1.807) is 19.1 Å². The van der Waals surface area contributed by atoms with E-state index in [-0.39, 0.29) is 17.1 Å². The predicted molar refractivity (Wildman–Crippen MR) is 74.2 cm³/mol. The lowest BCUT2D eigenvalue weighted by atomic mass is 10.1. The Bertz CT molecular complexity index is 704. The molecule has 0 aliphatic heterocycles. The summed E-state index contributed by atoms with van der Waals surface area (Å²) < 4.78 is 0. The summed E-state index contributed by atoms with van der Waals surface area (Å²) >= 11 is 0. The number of benzene rings is 1. The number of carbonyl (C=O) groups is 1. The molecule has 0 unspecified atom stereocenters. The number of hydrogen-bond donors (Lipinski definition) is 3. The minimum atomic E-state index is -0.979. The fourth-order valence-electron chi connectivity index (χ4n) is 1.51. The number of carboxylic acids is 1. The van der Waals surface area contributed by atoms with E-state index in [0.717, 1.165) is 5.56 Å². The largest absolute Gasteiger partial charge is 0.478 e. The molecule has 0 saturated carbocycles. The molecule has 7 nitrogen and oxygen atoms in total. The molecule has 1 heterocycles. The van der Waals surface area contributed by atoms with E-state index < -0.39 is 5.97 Å². The van der Waals surface area contributed by atoms with Crippen LogP contribution in [0.1, 0.15) is 21.6 Å². The van der Waals surface area contributed by atoms with E-state index in [2.05, 4.69) is 20.5 Å². The van der Waals surface area contributed by atoms with Gasteiger partial charge < -0.3 is 5.11 Å². The molecule has 0 fully saturated rings. The summed E-state index contributed by atoms with van der Waals surface area (Å²) in [5.74, 6) is -0.735. The van der Waals surface area contributed by atoms with Crippen molar-refractivity contribution in [2.24, 2.45) is 5.10 Å². The van der Waals surface area contributed by atoms with Gasteiger partial charge in [0.1, 0.15) is 0 Å². The second-order valence-electron chi connectivity index (χ2n) is 4.03. The molecule has 0 spiro atoms. The number of hydrogen-bond acceptors (Lipinski definition) is 5. The highest BCUT2D eigenvalue weighted by molar-refractivity contribution is 5.89. The number of carboxylic acid groups (broad SMARTS) is 1. The average molecular weight is 272 g/mol. The van der Waals surface area contributed by atoms with Gasteiger partial charge in [0.15, 0.2) is 0 Å². The highest BCUT2D eigenvalue weighted by Crippen LogP contribution is 2.02. The van der Waals surface area contributed by atoms with Gasteiger partial charge in [0.05, 0.1) is 11.8 Å². The van der Waals surface area contributed by atoms with Gasteiger partial charge in [-0.05, 0) is 24.6 Å². The van der Waals surface area contributed by atoms with Crippen LogP contribution in [-0.2, 0) is 0 Å². The van der Waals surface area contributed by atoms with Crippen LogP contribution in [0.3, 0.4) is 0 Å². The Hall–Kier alpha value is -2.96. The smallest absolute Gasteiger partial charge is 0.335 e. The Morgan fingerprint density at radius 1 is 1.40 bits per heavy atom. The normalized spacial score (nSPS) is 10.7. The van der Waals surface area contributed by atoms with Gasteiger partial charge in [-0.15, -0.1) is 0 Å². The molecular weight excluding hydrogens is 260 g/mol. The quantitative estimate of drug-likeness (QED) is 0.573. The zero-order chi connectivity index (χ0) is 14.5. The fourth-order valence-corrected chi connectivity index (χ4v) is 1.51. The lowest BCUT2D eigenvalue weighted by Gasteiger charge is -2.00. The number of nitrogens with one attached hydrogen (secondary N) is 2. The molecular formula is C13H12N4O3. The van der Waals surface area contributed by atoms with E-state index in [1.807, 2.05) is 0 Å². The van der Waals surface area contributed by atoms with E-state index in [1.165, 1.54) is 24.4 Å². The van der Waals surface area contributed by atoms with Crippen LogP contribution in [0.5, 0.6) is 0 Å². The molecule has 20 heavy (non-hydrogen) atoms. The molecule has 3 N–H and O–H groups in total. The van der Waals surface area contributed by atoms with Crippen LogP contribution in [0.2, 0.25) is 0 Å². The molecule has 2 rings (SSSR count). The summed E-state index contributed by atoms with van der Waals surface area (Å²) in [6.45, 7) is 1.70. The Kier molecular flexibility index (Phi) is 3.90. The molecule has 0 aliphatic carbocycles. The number of aromatic amines is 1. The molecule has 0 atom stereocenters. The minimum absolute atomic E-state index is 0.208. The van der Waals surface area contributed by atoms with Gasteiger partial charge in [0, 0.05) is 11.8 Å². The number of anilines is 1. The number of hydrazone groups is 1. The van der Waals surface area contributed by atoms with Gasteiger partial charge in [-0.25, -0.2) is 15.2 Å². The number of H-pyrrole nitrogens is 1. The first-order valence-corrected chi connectivity index (χ1v) is 5.75. The van der Waals surface area contributed by atoms with Gasteiger partial charge in [-0.3, -0.25) is 9.78 Å². The van der Waals surface area contributed by atoms with Gasteiger partial charge in [-0.1, -0.05) is 12.1 Å². The lowest BCUT2D eigenvalue weighted by Crippen LogP contribution is -2.10. The van der Waals surface area contributed by atoms with Crippen molar-refractivity contribution in [1.82, 2.24) is 9.97 Å². The Morgan fingerprint density at radius 2 is 2.10 bits per heavy atom. The third-order valence-corrected chi connectivity index (χ3v) is 2.41. The first kappa shape index (κ1) is 13.5. The van der Waals surface area contributed by atoms with Crippen LogP contribution in [0.4, 0.5) is 5.95 Å². The maximum atomic E-state index is 11.2. The van der Waals surface area contributed by atoms with E-state index in [4.69, 9.17) is 5.11 Å². The topological polar surface area (TPSA) is 107 Å². The maximum absolute atomic E-state index is 11.2. The number of aromatic nitrogens is 2. The third-order valence-electron chi connectivity index (χ3n) is 2.41. The summed E-state index contributed by atoms with van der Waals surface area (Å²) in [4.78, 5) is 28.4. The summed E-state index contributed by atoms with van der Waals surface area (Å²) in [5, 5.41) is 12.7. The molecule has 102 valence electrons. The number of rotatable bonds is 4. The second kappa shape index (κ2) is 5.79. The molecule has 1 aromatic heterocycles. The Balaban J connectivity index is 2.06. The molecule has 0 aliphatic rings. The maximum Gasteiger partial charge on any atom is 0.335 e. The van der Waals surface area contributed by atoms with Gasteiger partial charge >= 0.3 is 5.97 Å². The zero-order valence-electron chi connectivity index (χ0n) is 10.6. The van der Waals surface area contributed by atoms with Crippen molar-refractivity contribution in [1.29, 1.82) is 0 Å². The number of nitrogens with zero attached hydrogens (tertiary/aromatic N) is 2. The summed E-state index contributed by atoms with van der Waals surface area (Å²) in [5.41, 5.74) is 3.84. The molecule has 2 aromatic rings. The van der Waals surface area contributed by atoms with E-state index in [9.17, 15) is 9.59 Å². The Morgan fingerprint density at radius 3 is 2.70 bits per heavy atom. The van der Waals surface area contributed by atoms with Gasteiger partial charge in [-0.2, -0.15) is 5.10 Å². The zero-order valence-corrected chi connectivity index (χ0v) is 10.6. The van der Waals surface area contributed by atoms with Crippen molar-refractivity contribution in [2.75, 3.05) is 5.43 Å². The molecule has 0 amide bonds. The summed E-state index contributed by atoms with van der Waals surface area (Å²) in [6, 6.07) is 7.59. The first-order valence-electron chi connectivity index (χ1n) is 5.75. The predicted octanol–water partition coefficient (Wildman–Crippen LogP) is 1.22. The summed E-state index contributed by atoms with van der Waals surface area (Å²) in [6.07, 6.45) is 1.49. The van der Waals surface area contributed by atoms with E-state index in [0.29, 0.717) is 5.69 Å². The molecule has 7 heteroatoms. The van der Waals surface area contributed by atoms with Crippen molar-refractivity contribution in [3.8, 4) is 0 Å². The lowest BCUT2D eigenvalue weighted by molar-refractivity contribution is 0.0697. The monoisotopic (exact) mass is 272 g/mol. The van der Waals surface area contributed by atoms with E-state index >= 15 is 0 Å². The van der Waals surface area contributed by atoms with Gasteiger partial charge in [0.25, 0.3) is 5.56 Å². The third kappa shape index (κ3) is 3.52. The Labute approximate surface area is 114 Å². The molecule has 0 bridgehead atoms. The van der Waals surface area contributed by atoms with Crippen LogP contribution in [0.15, 0.2) is 40.2 Å². The fraction of sp³-hybridized carbons (Fsp3) is 0.0769. The number of aryl methyl sites for hydroxylation is 1. The van der Waals surface area contributed by atoms with Crippen molar-refractivity contribution in [2.45, 2.75) is 6.92 Å². The van der Waals surface area contributed by atoms with Crippen molar-refractivity contribution in [3.05, 3.63) is 57.5 Å². The standard InChI is InChI=1S/C13H12N4O3/c1-8-6-11(18)16-13(15-8)17-14-7-9-2-4-10(5-3-9)12(19)20/h2-7H,1H3,(H,19,20)(H2,15,16,17,18)/b14-7+. The van der Waals surface area contributed by atoms with Crippen molar-refractivity contribution in [3.63, 3.8) is 0 Å². The average Bonchev–Trinajstić information content (AvgIpc) is 2.38. The summed E-state index contributed by atoms with van der Waals surface area (Å²) in [7, 11) is 0. The molecule has 0 radical (unpaired) electrons. The minimum Gasteiger partial charge on any atom is -0.478 e. The van der Waals surface area contributed by atoms with Crippen molar-refractivity contribution >= 4 is 18.1 Å². The second-order valence-corrected chi connectivity index (χ2v) is 4.03. The number of aromatic carboxylic acids is 1. The first-order chi connectivity index (χ1) is 9.54. The molecule has 1 aromatic carbocycles. The highest BCUT2D eigenvalue weighted by Gasteiger charge is 2.00. The van der Waals surface area contributed by atoms with Crippen LogP contribution in [0.25, 0.3) is 0 Å². The van der Waals surface area contributed by atoms with Crippen LogP contribution >= 0.6 is 0 Å². The van der Waals surface area contributed by atoms with Crippen molar-refractivity contribution < 1.29 is 9.90 Å². The molecule has 0 saturated heterocycles. The van der Waals surface area contributed by atoms with Crippen LogP contribution < -0.4 is 11.0 Å². The van der Waals surface area contributed by atoms with Crippen LogP contribution in [-0.4, -0.2) is 27.3 Å². The highest BCUT2D eigenvalue weighted by atomic mass is 16.4.